The van der Waals surface area contributed by atoms with Gasteiger partial charge in [-0.15, -0.1) is 0 Å². The molecule has 1 aliphatic heterocycles. The van der Waals surface area contributed by atoms with Crippen molar-refractivity contribution >= 4 is 11.4 Å². The lowest BCUT2D eigenvalue weighted by Crippen LogP contribution is -2.36. The van der Waals surface area contributed by atoms with E-state index in [1.54, 1.807) is 12.1 Å². The van der Waals surface area contributed by atoms with E-state index in [-0.39, 0.29) is 5.69 Å². The fourth-order valence-electron chi connectivity index (χ4n) is 2.94. The topological polar surface area (TPSA) is 94.5 Å². The lowest BCUT2D eigenvalue weighted by atomic mass is 10.1. The first-order valence-corrected chi connectivity index (χ1v) is 8.23. The highest BCUT2D eigenvalue weighted by Gasteiger charge is 2.20. The SMILES string of the molecule is O=[N+]([O-])c1cccc(-c2noc(-c3ccccc3N3CCOCC3)n2)c1. The molecule has 0 amide bonds. The van der Waals surface area contributed by atoms with Gasteiger partial charge in [0, 0.05) is 36.5 Å². The van der Waals surface area contributed by atoms with Crippen LogP contribution in [-0.2, 0) is 4.74 Å². The number of hydrogen-bond acceptors (Lipinski definition) is 7. The van der Waals surface area contributed by atoms with E-state index in [0.717, 1.165) is 24.3 Å². The van der Waals surface area contributed by atoms with Crippen LogP contribution in [0.2, 0.25) is 0 Å². The number of aromatic nitrogens is 2. The van der Waals surface area contributed by atoms with Gasteiger partial charge in [0.1, 0.15) is 0 Å². The molecule has 0 N–H and O–H groups in total. The smallest absolute Gasteiger partial charge is 0.270 e. The van der Waals surface area contributed by atoms with Gasteiger partial charge in [-0.05, 0) is 12.1 Å². The molecular formula is C18H16N4O4. The number of hydrogen-bond donors (Lipinski definition) is 0. The average Bonchev–Trinajstić information content (AvgIpc) is 3.19. The van der Waals surface area contributed by atoms with Gasteiger partial charge in [-0.3, -0.25) is 10.1 Å². The normalized spacial score (nSPS) is 14.4. The standard InChI is InChI=1S/C18H16N4O4/c23-22(24)14-5-3-4-13(12-14)17-19-18(26-20-17)15-6-1-2-7-16(15)21-8-10-25-11-9-21/h1-7,12H,8-11H2. The van der Waals surface area contributed by atoms with Gasteiger partial charge in [0.2, 0.25) is 5.82 Å². The third kappa shape index (κ3) is 3.14. The summed E-state index contributed by atoms with van der Waals surface area (Å²) in [7, 11) is 0. The summed E-state index contributed by atoms with van der Waals surface area (Å²) in [6.45, 7) is 2.94. The van der Waals surface area contributed by atoms with Crippen molar-refractivity contribution in [3.8, 4) is 22.8 Å². The first kappa shape index (κ1) is 16.2. The Bertz CT molecular complexity index is 934. The van der Waals surface area contributed by atoms with Crippen LogP contribution < -0.4 is 4.90 Å². The van der Waals surface area contributed by atoms with Gasteiger partial charge < -0.3 is 14.2 Å². The van der Waals surface area contributed by atoms with Gasteiger partial charge >= 0.3 is 0 Å². The van der Waals surface area contributed by atoms with Crippen LogP contribution in [0, 0.1) is 10.1 Å². The number of benzene rings is 2. The summed E-state index contributed by atoms with van der Waals surface area (Å²) in [5.74, 6) is 0.703. The molecule has 0 unspecified atom stereocenters. The van der Waals surface area contributed by atoms with Crippen LogP contribution in [0.4, 0.5) is 11.4 Å². The number of anilines is 1. The predicted octanol–water partition coefficient (Wildman–Crippen LogP) is 3.15. The molecular weight excluding hydrogens is 336 g/mol. The van der Waals surface area contributed by atoms with Gasteiger partial charge in [0.05, 0.1) is 23.7 Å². The number of non-ortho nitro benzene ring substituents is 1. The Kier molecular flexibility index (Phi) is 4.32. The molecule has 1 fully saturated rings. The van der Waals surface area contributed by atoms with Crippen molar-refractivity contribution in [3.63, 3.8) is 0 Å². The van der Waals surface area contributed by atoms with Gasteiger partial charge in [0.25, 0.3) is 11.6 Å². The van der Waals surface area contributed by atoms with Gasteiger partial charge in [-0.25, -0.2) is 0 Å². The first-order chi connectivity index (χ1) is 12.7. The number of nitro benzene ring substituents is 1. The molecule has 1 aromatic heterocycles. The molecule has 8 nitrogen and oxygen atoms in total. The van der Waals surface area contributed by atoms with E-state index in [1.807, 2.05) is 24.3 Å². The Morgan fingerprint density at radius 1 is 1.08 bits per heavy atom. The zero-order chi connectivity index (χ0) is 17.9. The maximum Gasteiger partial charge on any atom is 0.270 e. The van der Waals surface area contributed by atoms with Crippen molar-refractivity contribution in [2.24, 2.45) is 0 Å². The van der Waals surface area contributed by atoms with Gasteiger partial charge in [0.15, 0.2) is 0 Å². The third-order valence-corrected chi connectivity index (χ3v) is 4.23. The Morgan fingerprint density at radius 2 is 1.88 bits per heavy atom. The molecule has 1 aliphatic rings. The van der Waals surface area contributed by atoms with Crippen LogP contribution in [0.3, 0.4) is 0 Å². The van der Waals surface area contributed by atoms with Crippen molar-refractivity contribution in [2.45, 2.75) is 0 Å². The molecule has 3 aromatic rings. The summed E-state index contributed by atoms with van der Waals surface area (Å²) in [6, 6.07) is 14.0. The largest absolute Gasteiger partial charge is 0.378 e. The second kappa shape index (κ2) is 6.93. The van der Waals surface area contributed by atoms with Crippen LogP contribution in [0.15, 0.2) is 53.1 Å². The number of rotatable bonds is 4. The summed E-state index contributed by atoms with van der Waals surface area (Å²) >= 11 is 0. The van der Waals surface area contributed by atoms with Gasteiger partial charge in [-0.1, -0.05) is 29.4 Å². The minimum atomic E-state index is -0.446. The van der Waals surface area contributed by atoms with Crippen LogP contribution in [0.5, 0.6) is 0 Å². The predicted molar refractivity (Wildman–Crippen MR) is 94.9 cm³/mol. The minimum Gasteiger partial charge on any atom is -0.378 e. The van der Waals surface area contributed by atoms with Gasteiger partial charge in [-0.2, -0.15) is 4.98 Å². The maximum atomic E-state index is 11.0. The highest BCUT2D eigenvalue weighted by molar-refractivity contribution is 5.74. The fourth-order valence-corrected chi connectivity index (χ4v) is 2.94. The molecule has 0 saturated carbocycles. The molecule has 26 heavy (non-hydrogen) atoms. The number of nitrogens with zero attached hydrogens (tertiary/aromatic N) is 4. The molecule has 4 rings (SSSR count). The first-order valence-electron chi connectivity index (χ1n) is 8.23. The quantitative estimate of drug-likeness (QED) is 0.526. The van der Waals surface area contributed by atoms with Crippen LogP contribution in [0.1, 0.15) is 0 Å². The van der Waals surface area contributed by atoms with Crippen molar-refractivity contribution in [3.05, 3.63) is 58.6 Å². The zero-order valence-corrected chi connectivity index (χ0v) is 13.9. The van der Waals surface area contributed by atoms with Crippen molar-refractivity contribution < 1.29 is 14.2 Å². The fraction of sp³-hybridized carbons (Fsp3) is 0.222. The van der Waals surface area contributed by atoms with Crippen molar-refractivity contribution in [1.29, 1.82) is 0 Å². The molecule has 0 bridgehead atoms. The van der Waals surface area contributed by atoms with E-state index >= 15 is 0 Å². The summed E-state index contributed by atoms with van der Waals surface area (Å²) in [5, 5.41) is 15.0. The number of nitro groups is 1. The zero-order valence-electron chi connectivity index (χ0n) is 13.9. The molecule has 0 radical (unpaired) electrons. The molecule has 2 aromatic carbocycles. The molecule has 0 spiro atoms. The van der Waals surface area contributed by atoms with Crippen LogP contribution >= 0.6 is 0 Å². The van der Waals surface area contributed by atoms with E-state index in [4.69, 9.17) is 9.26 Å². The number of para-hydroxylation sites is 1. The van der Waals surface area contributed by atoms with E-state index in [9.17, 15) is 10.1 Å². The lowest BCUT2D eigenvalue weighted by Gasteiger charge is -2.29. The lowest BCUT2D eigenvalue weighted by molar-refractivity contribution is -0.384. The summed E-state index contributed by atoms with van der Waals surface area (Å²) in [4.78, 5) is 17.2. The second-order valence-electron chi connectivity index (χ2n) is 5.85. The van der Waals surface area contributed by atoms with Crippen molar-refractivity contribution in [1.82, 2.24) is 10.1 Å². The second-order valence-corrected chi connectivity index (χ2v) is 5.85. The van der Waals surface area contributed by atoms with Crippen LogP contribution in [0.25, 0.3) is 22.8 Å². The summed E-state index contributed by atoms with van der Waals surface area (Å²) in [6.07, 6.45) is 0. The molecule has 8 heteroatoms. The molecule has 0 atom stereocenters. The maximum absolute atomic E-state index is 11.0. The summed E-state index contributed by atoms with van der Waals surface area (Å²) < 4.78 is 10.9. The van der Waals surface area contributed by atoms with E-state index in [2.05, 4.69) is 15.0 Å². The Balaban J connectivity index is 1.69. The highest BCUT2D eigenvalue weighted by atomic mass is 16.6. The molecule has 132 valence electrons. The van der Waals surface area contributed by atoms with Crippen molar-refractivity contribution in [2.75, 3.05) is 31.2 Å². The molecule has 2 heterocycles. The Labute approximate surface area is 149 Å². The Hall–Kier alpha value is -3.26. The molecule has 1 saturated heterocycles. The highest BCUT2D eigenvalue weighted by Crippen LogP contribution is 2.32. The van der Waals surface area contributed by atoms with E-state index in [1.165, 1.54) is 12.1 Å². The average molecular weight is 352 g/mol. The van der Waals surface area contributed by atoms with E-state index in [0.29, 0.717) is 30.5 Å². The molecule has 0 aliphatic carbocycles. The minimum absolute atomic E-state index is 0.0115. The van der Waals surface area contributed by atoms with E-state index < -0.39 is 4.92 Å². The third-order valence-electron chi connectivity index (χ3n) is 4.23. The monoisotopic (exact) mass is 352 g/mol. The number of ether oxygens (including phenoxy) is 1. The summed E-state index contributed by atoms with van der Waals surface area (Å²) in [5.41, 5.74) is 2.37. The van der Waals surface area contributed by atoms with Crippen LogP contribution in [-0.4, -0.2) is 41.4 Å². The Morgan fingerprint density at radius 3 is 2.69 bits per heavy atom. The number of morpholine rings is 1.